The summed E-state index contributed by atoms with van der Waals surface area (Å²) in [5.41, 5.74) is 10.7. The molecule has 66 valence electrons. The Hall–Kier alpha value is -1.43. The van der Waals surface area contributed by atoms with Gasteiger partial charge in [0.25, 0.3) is 0 Å². The first-order valence-electron chi connectivity index (χ1n) is 3.69. The van der Waals surface area contributed by atoms with Crippen molar-refractivity contribution in [3.05, 3.63) is 5.82 Å². The number of nitrogens with one attached hydrogen (secondary N) is 1. The summed E-state index contributed by atoms with van der Waals surface area (Å²) in [5.74, 6) is 0.896. The number of anilines is 2. The van der Waals surface area contributed by atoms with Gasteiger partial charge in [0.2, 0.25) is 11.9 Å². The second-order valence-corrected chi connectivity index (χ2v) is 2.25. The Labute approximate surface area is 70.4 Å². The van der Waals surface area contributed by atoms with E-state index in [4.69, 9.17) is 11.5 Å². The van der Waals surface area contributed by atoms with E-state index < -0.39 is 0 Å². The van der Waals surface area contributed by atoms with Gasteiger partial charge in [0, 0.05) is 0 Å². The predicted molar refractivity (Wildman–Crippen MR) is 46.0 cm³/mol. The molecule has 5 N–H and O–H groups in total. The zero-order valence-corrected chi connectivity index (χ0v) is 6.91. The zero-order chi connectivity index (χ0) is 8.97. The van der Waals surface area contributed by atoms with E-state index in [2.05, 4.69) is 20.3 Å². The van der Waals surface area contributed by atoms with Gasteiger partial charge in [-0.2, -0.15) is 15.0 Å². The van der Waals surface area contributed by atoms with Gasteiger partial charge in [-0.15, -0.1) is 0 Å². The van der Waals surface area contributed by atoms with E-state index in [1.807, 2.05) is 6.92 Å². The Morgan fingerprint density at radius 2 is 1.75 bits per heavy atom. The van der Waals surface area contributed by atoms with Crippen LogP contribution < -0.4 is 16.8 Å². The van der Waals surface area contributed by atoms with E-state index in [0.29, 0.717) is 12.4 Å². The Morgan fingerprint density at radius 3 is 2.25 bits per heavy atom. The highest BCUT2D eigenvalue weighted by atomic mass is 15.1. The van der Waals surface area contributed by atoms with Crippen LogP contribution in [0.2, 0.25) is 0 Å². The van der Waals surface area contributed by atoms with Crippen LogP contribution in [0.25, 0.3) is 0 Å². The molecule has 0 amide bonds. The smallest absolute Gasteiger partial charge is 0.225 e. The van der Waals surface area contributed by atoms with Crippen molar-refractivity contribution in [1.29, 1.82) is 0 Å². The number of hydrogen-bond donors (Lipinski definition) is 3. The molecule has 0 fully saturated rings. The Bertz CT molecular complexity index is 240. The fourth-order valence-electron chi connectivity index (χ4n) is 0.773. The molecule has 12 heavy (non-hydrogen) atoms. The molecule has 0 aliphatic carbocycles. The van der Waals surface area contributed by atoms with E-state index in [1.165, 1.54) is 0 Å². The van der Waals surface area contributed by atoms with Crippen molar-refractivity contribution in [1.82, 2.24) is 20.3 Å². The second kappa shape index (κ2) is 3.82. The third kappa shape index (κ3) is 2.31. The van der Waals surface area contributed by atoms with Crippen LogP contribution in [-0.2, 0) is 6.54 Å². The average molecular weight is 168 g/mol. The van der Waals surface area contributed by atoms with Crippen molar-refractivity contribution in [2.75, 3.05) is 18.0 Å². The van der Waals surface area contributed by atoms with Gasteiger partial charge in [-0.1, -0.05) is 6.92 Å². The SMILES string of the molecule is CCNCc1nc(N)nc(N)n1. The Morgan fingerprint density at radius 1 is 1.17 bits per heavy atom. The first-order chi connectivity index (χ1) is 5.72. The van der Waals surface area contributed by atoms with E-state index in [9.17, 15) is 0 Å². The second-order valence-electron chi connectivity index (χ2n) is 2.25. The molecule has 0 aromatic carbocycles. The van der Waals surface area contributed by atoms with E-state index >= 15 is 0 Å². The summed E-state index contributed by atoms with van der Waals surface area (Å²) in [4.78, 5) is 11.4. The van der Waals surface area contributed by atoms with Gasteiger partial charge in [0.15, 0.2) is 0 Å². The highest BCUT2D eigenvalue weighted by Gasteiger charge is 1.99. The largest absolute Gasteiger partial charge is 0.368 e. The van der Waals surface area contributed by atoms with Gasteiger partial charge in [-0.05, 0) is 6.54 Å². The molecule has 0 radical (unpaired) electrons. The fourth-order valence-corrected chi connectivity index (χ4v) is 0.773. The molecule has 6 heteroatoms. The van der Waals surface area contributed by atoms with Crippen molar-refractivity contribution in [2.45, 2.75) is 13.5 Å². The molecule has 0 aliphatic rings. The highest BCUT2D eigenvalue weighted by molar-refractivity contribution is 5.25. The lowest BCUT2D eigenvalue weighted by Gasteiger charge is -2.01. The van der Waals surface area contributed by atoms with Crippen molar-refractivity contribution >= 4 is 11.9 Å². The number of hydrogen-bond acceptors (Lipinski definition) is 6. The molecule has 1 aromatic rings. The molecule has 1 aromatic heterocycles. The van der Waals surface area contributed by atoms with Crippen LogP contribution in [-0.4, -0.2) is 21.5 Å². The standard InChI is InChI=1S/C6H12N6/c1-2-9-3-4-10-5(7)12-6(8)11-4/h9H,2-3H2,1H3,(H4,7,8,10,11,12). The maximum Gasteiger partial charge on any atom is 0.225 e. The van der Waals surface area contributed by atoms with Crippen molar-refractivity contribution < 1.29 is 0 Å². The summed E-state index contributed by atoms with van der Waals surface area (Å²) in [7, 11) is 0. The molecule has 0 saturated heterocycles. The van der Waals surface area contributed by atoms with Gasteiger partial charge in [0.1, 0.15) is 5.82 Å². The molecule has 0 atom stereocenters. The normalized spacial score (nSPS) is 10.1. The summed E-state index contributed by atoms with van der Waals surface area (Å²) in [5, 5.41) is 3.06. The number of aromatic nitrogens is 3. The molecule has 0 bridgehead atoms. The summed E-state index contributed by atoms with van der Waals surface area (Å²) in [6.45, 7) is 3.41. The number of nitrogen functional groups attached to an aromatic ring is 2. The van der Waals surface area contributed by atoms with Gasteiger partial charge in [-0.3, -0.25) is 0 Å². The minimum absolute atomic E-state index is 0.162. The van der Waals surface area contributed by atoms with Crippen LogP contribution in [0.15, 0.2) is 0 Å². The maximum atomic E-state index is 5.36. The van der Waals surface area contributed by atoms with Crippen LogP contribution in [0.4, 0.5) is 11.9 Å². The third-order valence-corrected chi connectivity index (χ3v) is 1.25. The minimum Gasteiger partial charge on any atom is -0.368 e. The van der Waals surface area contributed by atoms with Crippen LogP contribution in [0.3, 0.4) is 0 Å². The maximum absolute atomic E-state index is 5.36. The molecule has 0 aliphatic heterocycles. The molecular formula is C6H12N6. The Balaban J connectivity index is 2.72. The Kier molecular flexibility index (Phi) is 2.76. The summed E-state index contributed by atoms with van der Waals surface area (Å²) >= 11 is 0. The first kappa shape index (κ1) is 8.66. The monoisotopic (exact) mass is 168 g/mol. The van der Waals surface area contributed by atoms with Crippen molar-refractivity contribution in [3.63, 3.8) is 0 Å². The highest BCUT2D eigenvalue weighted by Crippen LogP contribution is 1.97. The lowest BCUT2D eigenvalue weighted by atomic mass is 10.5. The van der Waals surface area contributed by atoms with Gasteiger partial charge in [-0.25, -0.2) is 0 Å². The summed E-state index contributed by atoms with van der Waals surface area (Å²) < 4.78 is 0. The fraction of sp³-hybridized carbons (Fsp3) is 0.500. The lowest BCUT2D eigenvalue weighted by Crippen LogP contribution is -2.16. The van der Waals surface area contributed by atoms with Crippen molar-refractivity contribution in [3.8, 4) is 0 Å². The summed E-state index contributed by atoms with van der Waals surface area (Å²) in [6.07, 6.45) is 0. The average Bonchev–Trinajstić information content (AvgIpc) is 1.99. The van der Waals surface area contributed by atoms with Crippen LogP contribution >= 0.6 is 0 Å². The van der Waals surface area contributed by atoms with Crippen LogP contribution in [0.5, 0.6) is 0 Å². The number of nitrogens with zero attached hydrogens (tertiary/aromatic N) is 3. The minimum atomic E-state index is 0.162. The number of nitrogens with two attached hydrogens (primary N) is 2. The van der Waals surface area contributed by atoms with Crippen LogP contribution in [0, 0.1) is 0 Å². The predicted octanol–water partition coefficient (Wildman–Crippen LogP) is -0.854. The zero-order valence-electron chi connectivity index (χ0n) is 6.91. The topological polar surface area (TPSA) is 103 Å². The molecule has 1 heterocycles. The van der Waals surface area contributed by atoms with E-state index in [-0.39, 0.29) is 11.9 Å². The van der Waals surface area contributed by atoms with Crippen molar-refractivity contribution in [2.24, 2.45) is 0 Å². The van der Waals surface area contributed by atoms with Crippen LogP contribution in [0.1, 0.15) is 12.7 Å². The van der Waals surface area contributed by atoms with Gasteiger partial charge in [0.05, 0.1) is 6.54 Å². The molecular weight excluding hydrogens is 156 g/mol. The molecule has 6 nitrogen and oxygen atoms in total. The molecule has 0 saturated carbocycles. The van der Waals surface area contributed by atoms with E-state index in [1.54, 1.807) is 0 Å². The third-order valence-electron chi connectivity index (χ3n) is 1.25. The summed E-state index contributed by atoms with van der Waals surface area (Å²) in [6, 6.07) is 0. The molecule has 1 rings (SSSR count). The lowest BCUT2D eigenvalue weighted by molar-refractivity contribution is 0.688. The van der Waals surface area contributed by atoms with Gasteiger partial charge < -0.3 is 16.8 Å². The first-order valence-corrected chi connectivity index (χ1v) is 3.69. The molecule has 0 unspecified atom stereocenters. The quantitative estimate of drug-likeness (QED) is 0.543. The van der Waals surface area contributed by atoms with Gasteiger partial charge >= 0.3 is 0 Å². The molecule has 0 spiro atoms. The number of rotatable bonds is 3. The van der Waals surface area contributed by atoms with E-state index in [0.717, 1.165) is 6.54 Å².